The van der Waals surface area contributed by atoms with E-state index in [0.717, 1.165) is 6.42 Å². The van der Waals surface area contributed by atoms with Gasteiger partial charge in [-0.1, -0.05) is 18.8 Å². The van der Waals surface area contributed by atoms with E-state index in [1.54, 1.807) is 18.4 Å². The maximum absolute atomic E-state index is 12.1. The zero-order chi connectivity index (χ0) is 15.0. The Morgan fingerprint density at radius 2 is 2.25 bits per heavy atom. The number of rotatable bonds is 5. The highest BCUT2D eigenvalue weighted by Crippen LogP contribution is 2.15. The first-order chi connectivity index (χ1) is 9.60. The van der Waals surface area contributed by atoms with Crippen molar-refractivity contribution in [1.82, 2.24) is 10.6 Å². The van der Waals surface area contributed by atoms with Crippen LogP contribution in [0.3, 0.4) is 0 Å². The van der Waals surface area contributed by atoms with Crippen molar-refractivity contribution in [3.05, 3.63) is 21.9 Å². The standard InChI is InChI=1S/C14H18N2O3S/c1-3-7-15-13(18)10(2)16-14(19)12-11(5-4-8-17)6-9-20-12/h6,9-10,17H,3,7-8H2,1-2H3,(H,15,18)(H,16,19). The quantitative estimate of drug-likeness (QED) is 0.701. The molecular weight excluding hydrogens is 276 g/mol. The highest BCUT2D eigenvalue weighted by atomic mass is 32.1. The van der Waals surface area contributed by atoms with E-state index in [1.807, 2.05) is 6.92 Å². The molecule has 0 saturated heterocycles. The van der Waals surface area contributed by atoms with Crippen molar-refractivity contribution in [1.29, 1.82) is 0 Å². The lowest BCUT2D eigenvalue weighted by Gasteiger charge is -2.13. The van der Waals surface area contributed by atoms with Crippen LogP contribution >= 0.6 is 11.3 Å². The van der Waals surface area contributed by atoms with E-state index in [1.165, 1.54) is 11.3 Å². The first kappa shape index (κ1) is 16.2. The summed E-state index contributed by atoms with van der Waals surface area (Å²) >= 11 is 1.25. The van der Waals surface area contributed by atoms with Gasteiger partial charge in [-0.05, 0) is 24.8 Å². The summed E-state index contributed by atoms with van der Waals surface area (Å²) in [4.78, 5) is 24.2. The van der Waals surface area contributed by atoms with Crippen LogP contribution in [-0.4, -0.2) is 36.1 Å². The van der Waals surface area contributed by atoms with Crippen LogP contribution in [0.5, 0.6) is 0 Å². The third-order valence-electron chi connectivity index (χ3n) is 2.46. The number of amides is 2. The van der Waals surface area contributed by atoms with Crippen molar-refractivity contribution in [3.63, 3.8) is 0 Å². The van der Waals surface area contributed by atoms with E-state index < -0.39 is 6.04 Å². The minimum atomic E-state index is -0.602. The smallest absolute Gasteiger partial charge is 0.263 e. The van der Waals surface area contributed by atoms with Crippen molar-refractivity contribution >= 4 is 23.2 Å². The van der Waals surface area contributed by atoms with Crippen LogP contribution in [0.1, 0.15) is 35.5 Å². The number of thiophene rings is 1. The molecular formula is C14H18N2O3S. The Bertz CT molecular complexity index is 528. The monoisotopic (exact) mass is 294 g/mol. The van der Waals surface area contributed by atoms with Crippen LogP contribution in [0.25, 0.3) is 0 Å². The fourth-order valence-electron chi connectivity index (χ4n) is 1.45. The fraction of sp³-hybridized carbons (Fsp3) is 0.429. The minimum absolute atomic E-state index is 0.209. The molecule has 6 heteroatoms. The maximum atomic E-state index is 12.1. The number of carbonyl (C=O) groups is 2. The third-order valence-corrected chi connectivity index (χ3v) is 3.38. The van der Waals surface area contributed by atoms with E-state index >= 15 is 0 Å². The lowest BCUT2D eigenvalue weighted by molar-refractivity contribution is -0.122. The molecule has 0 aliphatic carbocycles. The molecule has 3 N–H and O–H groups in total. The largest absolute Gasteiger partial charge is 0.384 e. The molecule has 0 saturated carbocycles. The second-order valence-corrected chi connectivity index (χ2v) is 5.03. The second-order valence-electron chi connectivity index (χ2n) is 4.11. The van der Waals surface area contributed by atoms with Crippen LogP contribution in [0, 0.1) is 11.8 Å². The molecule has 0 aliphatic rings. The van der Waals surface area contributed by atoms with Gasteiger partial charge in [-0.25, -0.2) is 0 Å². The van der Waals surface area contributed by atoms with Crippen molar-refractivity contribution in [2.24, 2.45) is 0 Å². The third kappa shape index (κ3) is 4.68. The van der Waals surface area contributed by atoms with Gasteiger partial charge in [0.25, 0.3) is 5.91 Å². The number of nitrogens with one attached hydrogen (secondary N) is 2. The maximum Gasteiger partial charge on any atom is 0.263 e. The van der Waals surface area contributed by atoms with E-state index in [4.69, 9.17) is 5.11 Å². The minimum Gasteiger partial charge on any atom is -0.384 e. The van der Waals surface area contributed by atoms with Crippen molar-refractivity contribution in [2.75, 3.05) is 13.2 Å². The molecule has 1 atom stereocenters. The van der Waals surface area contributed by atoms with E-state index in [-0.39, 0.29) is 18.4 Å². The summed E-state index contributed by atoms with van der Waals surface area (Å²) in [5.74, 6) is 4.67. The predicted molar refractivity (Wildman–Crippen MR) is 78.5 cm³/mol. The Hall–Kier alpha value is -1.84. The first-order valence-electron chi connectivity index (χ1n) is 6.36. The molecule has 20 heavy (non-hydrogen) atoms. The molecule has 0 fully saturated rings. The van der Waals surface area contributed by atoms with Gasteiger partial charge < -0.3 is 15.7 Å². The normalized spacial score (nSPS) is 11.2. The summed E-state index contributed by atoms with van der Waals surface area (Å²) in [6, 6.07) is 1.11. The Morgan fingerprint density at radius 3 is 2.90 bits per heavy atom. The van der Waals surface area contributed by atoms with Gasteiger partial charge in [-0.3, -0.25) is 9.59 Å². The molecule has 1 unspecified atom stereocenters. The Morgan fingerprint density at radius 1 is 1.50 bits per heavy atom. The Kier molecular flexibility index (Phi) is 6.77. The van der Waals surface area contributed by atoms with Crippen LogP contribution in [0.15, 0.2) is 11.4 Å². The van der Waals surface area contributed by atoms with Gasteiger partial charge in [0.2, 0.25) is 5.91 Å². The van der Waals surface area contributed by atoms with Gasteiger partial charge in [0, 0.05) is 12.1 Å². The SMILES string of the molecule is CCCNC(=O)C(C)NC(=O)c1sccc1C#CCO. The van der Waals surface area contributed by atoms with Gasteiger partial charge in [-0.15, -0.1) is 11.3 Å². The summed E-state index contributed by atoms with van der Waals surface area (Å²) in [6.45, 7) is 3.93. The molecule has 1 aromatic rings. The van der Waals surface area contributed by atoms with Gasteiger partial charge >= 0.3 is 0 Å². The molecule has 0 aliphatic heterocycles. The summed E-state index contributed by atoms with van der Waals surface area (Å²) in [7, 11) is 0. The highest BCUT2D eigenvalue weighted by molar-refractivity contribution is 7.12. The molecule has 1 rings (SSSR count). The van der Waals surface area contributed by atoms with Gasteiger partial charge in [0.15, 0.2) is 0 Å². The molecule has 2 amide bonds. The summed E-state index contributed by atoms with van der Waals surface area (Å²) in [6.07, 6.45) is 0.845. The average Bonchev–Trinajstić information content (AvgIpc) is 2.90. The van der Waals surface area contributed by atoms with Crippen molar-refractivity contribution in [2.45, 2.75) is 26.3 Å². The topological polar surface area (TPSA) is 78.4 Å². The van der Waals surface area contributed by atoms with E-state index in [9.17, 15) is 9.59 Å². The summed E-state index contributed by atoms with van der Waals surface area (Å²) in [5, 5.41) is 15.8. The number of hydrogen-bond acceptors (Lipinski definition) is 4. The van der Waals surface area contributed by atoms with Gasteiger partial charge in [0.05, 0.1) is 0 Å². The fourth-order valence-corrected chi connectivity index (χ4v) is 2.20. The van der Waals surface area contributed by atoms with Gasteiger partial charge in [0.1, 0.15) is 17.5 Å². The Labute approximate surface area is 122 Å². The predicted octanol–water partition coefficient (Wildman–Crippen LogP) is 0.736. The molecule has 0 radical (unpaired) electrons. The second kappa shape index (κ2) is 8.35. The molecule has 0 bridgehead atoms. The summed E-state index contributed by atoms with van der Waals surface area (Å²) < 4.78 is 0. The number of aliphatic hydroxyl groups excluding tert-OH is 1. The molecule has 0 aromatic carbocycles. The number of hydrogen-bond donors (Lipinski definition) is 3. The van der Waals surface area contributed by atoms with Crippen LogP contribution < -0.4 is 10.6 Å². The van der Waals surface area contributed by atoms with E-state index in [2.05, 4.69) is 22.5 Å². The average molecular weight is 294 g/mol. The van der Waals surface area contributed by atoms with Crippen LogP contribution in [-0.2, 0) is 4.79 Å². The molecule has 5 nitrogen and oxygen atoms in total. The molecule has 1 heterocycles. The first-order valence-corrected chi connectivity index (χ1v) is 7.23. The molecule has 0 spiro atoms. The van der Waals surface area contributed by atoms with Crippen LogP contribution in [0.4, 0.5) is 0 Å². The van der Waals surface area contributed by atoms with Gasteiger partial charge in [-0.2, -0.15) is 0 Å². The zero-order valence-corrected chi connectivity index (χ0v) is 12.3. The molecule has 108 valence electrons. The summed E-state index contributed by atoms with van der Waals surface area (Å²) in [5.41, 5.74) is 0.558. The number of carbonyl (C=O) groups excluding carboxylic acids is 2. The number of aliphatic hydroxyl groups is 1. The van der Waals surface area contributed by atoms with Crippen molar-refractivity contribution in [3.8, 4) is 11.8 Å². The van der Waals surface area contributed by atoms with Crippen LogP contribution in [0.2, 0.25) is 0 Å². The lowest BCUT2D eigenvalue weighted by Crippen LogP contribution is -2.44. The van der Waals surface area contributed by atoms with E-state index in [0.29, 0.717) is 17.0 Å². The lowest BCUT2D eigenvalue weighted by atomic mass is 10.2. The highest BCUT2D eigenvalue weighted by Gasteiger charge is 2.18. The zero-order valence-electron chi connectivity index (χ0n) is 11.5. The molecule has 1 aromatic heterocycles. The Balaban J connectivity index is 2.67. The van der Waals surface area contributed by atoms with Crippen molar-refractivity contribution < 1.29 is 14.7 Å².